The van der Waals surface area contributed by atoms with Crippen LogP contribution in [-0.4, -0.2) is 17.5 Å². The zero-order valence-corrected chi connectivity index (χ0v) is 11.1. The number of hydrogen-bond acceptors (Lipinski definition) is 3. The van der Waals surface area contributed by atoms with E-state index in [9.17, 15) is 4.79 Å². The molecule has 96 valence electrons. The van der Waals surface area contributed by atoms with Crippen LogP contribution >= 0.6 is 0 Å². The Morgan fingerprint density at radius 2 is 2.17 bits per heavy atom. The third-order valence-corrected chi connectivity index (χ3v) is 3.99. The van der Waals surface area contributed by atoms with Crippen molar-refractivity contribution in [1.29, 1.82) is 0 Å². The summed E-state index contributed by atoms with van der Waals surface area (Å²) in [6.07, 6.45) is 6.21. The Labute approximate surface area is 107 Å². The predicted molar refractivity (Wildman–Crippen MR) is 67.7 cm³/mol. The molecule has 1 aliphatic carbocycles. The number of aryl methyl sites for hydroxylation is 1. The smallest absolute Gasteiger partial charge is 0.198 e. The van der Waals surface area contributed by atoms with Crippen LogP contribution in [-0.2, 0) is 11.2 Å². The van der Waals surface area contributed by atoms with Crippen molar-refractivity contribution in [1.82, 2.24) is 0 Å². The van der Waals surface area contributed by atoms with Crippen LogP contribution in [0.15, 0.2) is 22.3 Å². The van der Waals surface area contributed by atoms with Crippen LogP contribution < -0.4 is 0 Å². The number of furan rings is 1. The van der Waals surface area contributed by atoms with Crippen LogP contribution in [0.1, 0.15) is 48.4 Å². The summed E-state index contributed by atoms with van der Waals surface area (Å²) in [5.74, 6) is 0.874. The lowest BCUT2D eigenvalue weighted by atomic mass is 9.91. The molecule has 1 unspecified atom stereocenters. The fourth-order valence-corrected chi connectivity index (χ4v) is 2.78. The van der Waals surface area contributed by atoms with Crippen molar-refractivity contribution in [3.63, 3.8) is 0 Å². The number of hydrogen-bond donors (Lipinski definition) is 0. The molecule has 3 heteroatoms. The Balaban J connectivity index is 2.05. The van der Waals surface area contributed by atoms with Crippen LogP contribution in [0.25, 0.3) is 0 Å². The van der Waals surface area contributed by atoms with Gasteiger partial charge in [-0.05, 0) is 39.2 Å². The van der Waals surface area contributed by atoms with Crippen LogP contribution in [0.5, 0.6) is 0 Å². The predicted octanol–water partition coefficient (Wildman–Crippen LogP) is 3.21. The van der Waals surface area contributed by atoms with Gasteiger partial charge in [-0.1, -0.05) is 11.6 Å². The molecule has 3 rings (SSSR count). The molecule has 1 fully saturated rings. The third kappa shape index (κ3) is 1.74. The molecule has 0 radical (unpaired) electrons. The van der Waals surface area contributed by atoms with Gasteiger partial charge in [-0.25, -0.2) is 0 Å². The number of ether oxygens (including phenoxy) is 1. The maximum Gasteiger partial charge on any atom is 0.198 e. The highest BCUT2D eigenvalue weighted by molar-refractivity contribution is 6.04. The summed E-state index contributed by atoms with van der Waals surface area (Å²) in [5.41, 5.74) is 2.63. The maximum atomic E-state index is 12.5. The van der Waals surface area contributed by atoms with Crippen LogP contribution in [0.3, 0.4) is 0 Å². The molecule has 0 bridgehead atoms. The molecule has 1 aliphatic heterocycles. The first kappa shape index (κ1) is 11.7. The monoisotopic (exact) mass is 246 g/mol. The third-order valence-electron chi connectivity index (χ3n) is 3.99. The van der Waals surface area contributed by atoms with Gasteiger partial charge in [0.25, 0.3) is 0 Å². The maximum absolute atomic E-state index is 12.5. The molecule has 0 N–H and O–H groups in total. The fraction of sp³-hybridized carbons (Fsp3) is 0.533. The Kier molecular flexibility index (Phi) is 2.49. The second-order valence-electron chi connectivity index (χ2n) is 5.66. The highest BCUT2D eigenvalue weighted by atomic mass is 16.6. The minimum Gasteiger partial charge on any atom is -0.468 e. The summed E-state index contributed by atoms with van der Waals surface area (Å²) >= 11 is 0. The second kappa shape index (κ2) is 3.82. The zero-order chi connectivity index (χ0) is 12.9. The van der Waals surface area contributed by atoms with Crippen molar-refractivity contribution in [3.8, 4) is 0 Å². The summed E-state index contributed by atoms with van der Waals surface area (Å²) in [5, 5.41) is 0. The van der Waals surface area contributed by atoms with E-state index in [1.54, 1.807) is 6.26 Å². The normalized spacial score (nSPS) is 34.3. The van der Waals surface area contributed by atoms with Crippen molar-refractivity contribution in [3.05, 3.63) is 34.8 Å². The highest BCUT2D eigenvalue weighted by Crippen LogP contribution is 2.43. The molecule has 0 amide bonds. The molecule has 2 atom stereocenters. The minimum atomic E-state index is -0.278. The second-order valence-corrected chi connectivity index (χ2v) is 5.66. The van der Waals surface area contributed by atoms with Gasteiger partial charge in [-0.2, -0.15) is 0 Å². The Morgan fingerprint density at radius 3 is 2.94 bits per heavy atom. The van der Waals surface area contributed by atoms with E-state index in [0.717, 1.165) is 36.1 Å². The number of rotatable bonds is 0. The van der Waals surface area contributed by atoms with Crippen molar-refractivity contribution >= 4 is 5.78 Å². The fourth-order valence-electron chi connectivity index (χ4n) is 2.78. The number of fused-ring (bicyclic) bond motifs is 2. The van der Waals surface area contributed by atoms with E-state index in [1.807, 2.05) is 13.8 Å². The van der Waals surface area contributed by atoms with Gasteiger partial charge in [0, 0.05) is 6.42 Å². The van der Waals surface area contributed by atoms with E-state index >= 15 is 0 Å². The van der Waals surface area contributed by atoms with Gasteiger partial charge in [0.15, 0.2) is 5.78 Å². The summed E-state index contributed by atoms with van der Waals surface area (Å²) in [6.45, 7) is 6.03. The van der Waals surface area contributed by atoms with Gasteiger partial charge < -0.3 is 9.15 Å². The SMILES string of the molecule is C/C1=C\CC[C@]2(C)OC2C(=O)c2c(C)coc2C1. The van der Waals surface area contributed by atoms with Crippen molar-refractivity contribution in [2.45, 2.75) is 51.7 Å². The van der Waals surface area contributed by atoms with Gasteiger partial charge in [0.1, 0.15) is 17.5 Å². The van der Waals surface area contributed by atoms with Crippen molar-refractivity contribution in [2.24, 2.45) is 0 Å². The Morgan fingerprint density at radius 1 is 1.39 bits per heavy atom. The lowest BCUT2D eigenvalue weighted by Crippen LogP contribution is -2.20. The number of allylic oxidation sites excluding steroid dienone is 2. The van der Waals surface area contributed by atoms with E-state index in [1.165, 1.54) is 5.57 Å². The average molecular weight is 246 g/mol. The Bertz CT molecular complexity index is 538. The topological polar surface area (TPSA) is 42.7 Å². The van der Waals surface area contributed by atoms with Gasteiger partial charge in [0.2, 0.25) is 0 Å². The molecule has 18 heavy (non-hydrogen) atoms. The number of Topliss-reactive ketones (excluding diaryl/α,β-unsaturated/α-hetero) is 1. The molecule has 1 saturated heterocycles. The molecule has 1 aromatic rings. The van der Waals surface area contributed by atoms with E-state index < -0.39 is 0 Å². The lowest BCUT2D eigenvalue weighted by molar-refractivity contribution is 0.0951. The standard InChI is InChI=1S/C15H18O3/c1-9-5-4-6-15(3)14(18-15)13(16)12-10(2)8-17-11(12)7-9/h5,8,14H,4,6-7H2,1-3H3/b9-5+/t14?,15-/m0/s1. The molecule has 3 nitrogen and oxygen atoms in total. The number of ketones is 1. The molecule has 0 aromatic carbocycles. The summed E-state index contributed by atoms with van der Waals surface area (Å²) in [7, 11) is 0. The molecule has 1 aromatic heterocycles. The average Bonchev–Trinajstić information content (AvgIpc) is 2.84. The number of carbonyl (C=O) groups excluding carboxylic acids is 1. The van der Waals surface area contributed by atoms with E-state index in [2.05, 4.69) is 13.0 Å². The van der Waals surface area contributed by atoms with Crippen molar-refractivity contribution < 1.29 is 13.9 Å². The molecule has 0 saturated carbocycles. The van der Waals surface area contributed by atoms with E-state index in [0.29, 0.717) is 0 Å². The molecular formula is C15H18O3. The molecule has 0 spiro atoms. The first-order chi connectivity index (χ1) is 8.51. The zero-order valence-electron chi connectivity index (χ0n) is 11.1. The molecule has 2 aliphatic rings. The van der Waals surface area contributed by atoms with Gasteiger partial charge in [-0.3, -0.25) is 4.79 Å². The van der Waals surface area contributed by atoms with Gasteiger partial charge in [-0.15, -0.1) is 0 Å². The molecule has 2 heterocycles. The van der Waals surface area contributed by atoms with Gasteiger partial charge >= 0.3 is 0 Å². The van der Waals surface area contributed by atoms with Gasteiger partial charge in [0.05, 0.1) is 11.8 Å². The van der Waals surface area contributed by atoms with Crippen LogP contribution in [0.4, 0.5) is 0 Å². The van der Waals surface area contributed by atoms with Crippen molar-refractivity contribution in [2.75, 3.05) is 0 Å². The summed E-state index contributed by atoms with van der Waals surface area (Å²) < 4.78 is 11.2. The molecular weight excluding hydrogens is 228 g/mol. The summed E-state index contributed by atoms with van der Waals surface area (Å²) in [6, 6.07) is 0. The minimum absolute atomic E-state index is 0.0912. The quantitative estimate of drug-likeness (QED) is 0.521. The number of carbonyl (C=O) groups is 1. The highest BCUT2D eigenvalue weighted by Gasteiger charge is 2.56. The Hall–Kier alpha value is -1.35. The van der Waals surface area contributed by atoms with E-state index in [-0.39, 0.29) is 17.5 Å². The van der Waals surface area contributed by atoms with Crippen LogP contribution in [0.2, 0.25) is 0 Å². The first-order valence-electron chi connectivity index (χ1n) is 6.46. The first-order valence-corrected chi connectivity index (χ1v) is 6.46. The lowest BCUT2D eigenvalue weighted by Gasteiger charge is -2.08. The van der Waals surface area contributed by atoms with E-state index in [4.69, 9.17) is 9.15 Å². The largest absolute Gasteiger partial charge is 0.468 e. The van der Waals surface area contributed by atoms with Crippen LogP contribution in [0, 0.1) is 6.92 Å². The number of epoxide rings is 1. The summed E-state index contributed by atoms with van der Waals surface area (Å²) in [4.78, 5) is 12.5.